The van der Waals surface area contributed by atoms with E-state index in [1.165, 1.54) is 7.11 Å². The van der Waals surface area contributed by atoms with Gasteiger partial charge in [-0.1, -0.05) is 18.2 Å². The summed E-state index contributed by atoms with van der Waals surface area (Å²) in [6, 6.07) is 8.68. The molecule has 0 saturated carbocycles. The highest BCUT2D eigenvalue weighted by Crippen LogP contribution is 2.24. The summed E-state index contributed by atoms with van der Waals surface area (Å²) in [6.07, 6.45) is 2.45. The standard InChI is InChI=1S/C16H17NO4/c1-20-16(19)12-7-4-5-9-17(12)15(18)14-10-11-6-2-3-8-13(11)21-14/h2-3,6,8,10,12H,4-5,7,9H2,1H3. The topological polar surface area (TPSA) is 59.8 Å². The van der Waals surface area contributed by atoms with Crippen molar-refractivity contribution in [2.45, 2.75) is 25.3 Å². The number of carbonyl (C=O) groups excluding carboxylic acids is 2. The fourth-order valence-corrected chi connectivity index (χ4v) is 2.78. The van der Waals surface area contributed by atoms with Crippen molar-refractivity contribution in [3.05, 3.63) is 36.1 Å². The number of nitrogens with zero attached hydrogens (tertiary/aromatic N) is 1. The van der Waals surface area contributed by atoms with Crippen molar-refractivity contribution in [2.75, 3.05) is 13.7 Å². The number of rotatable bonds is 2. The monoisotopic (exact) mass is 287 g/mol. The first-order chi connectivity index (χ1) is 10.2. The third-order valence-electron chi connectivity index (χ3n) is 3.87. The summed E-state index contributed by atoms with van der Waals surface area (Å²) in [7, 11) is 1.35. The second-order valence-electron chi connectivity index (χ2n) is 5.18. The lowest BCUT2D eigenvalue weighted by molar-refractivity contribution is -0.147. The van der Waals surface area contributed by atoms with Gasteiger partial charge >= 0.3 is 5.97 Å². The van der Waals surface area contributed by atoms with Crippen molar-refractivity contribution in [1.82, 2.24) is 4.90 Å². The van der Waals surface area contributed by atoms with Crippen LogP contribution < -0.4 is 0 Å². The molecule has 1 unspecified atom stereocenters. The first kappa shape index (κ1) is 13.7. The number of hydrogen-bond donors (Lipinski definition) is 0. The molecule has 0 spiro atoms. The van der Waals surface area contributed by atoms with Gasteiger partial charge in [0.1, 0.15) is 11.6 Å². The zero-order valence-electron chi connectivity index (χ0n) is 11.9. The Morgan fingerprint density at radius 1 is 1.29 bits per heavy atom. The minimum Gasteiger partial charge on any atom is -0.467 e. The smallest absolute Gasteiger partial charge is 0.328 e. The molecule has 0 N–H and O–H groups in total. The largest absolute Gasteiger partial charge is 0.467 e. The molecule has 1 aromatic carbocycles. The first-order valence-corrected chi connectivity index (χ1v) is 7.08. The number of hydrogen-bond acceptors (Lipinski definition) is 4. The molecule has 0 bridgehead atoms. The molecule has 5 nitrogen and oxygen atoms in total. The molecule has 21 heavy (non-hydrogen) atoms. The normalized spacial score (nSPS) is 18.7. The molecule has 3 rings (SSSR count). The van der Waals surface area contributed by atoms with Crippen LogP contribution >= 0.6 is 0 Å². The van der Waals surface area contributed by atoms with Gasteiger partial charge in [-0.2, -0.15) is 0 Å². The van der Waals surface area contributed by atoms with E-state index in [9.17, 15) is 9.59 Å². The Morgan fingerprint density at radius 3 is 2.86 bits per heavy atom. The van der Waals surface area contributed by atoms with Crippen molar-refractivity contribution in [2.24, 2.45) is 0 Å². The Bertz CT molecular complexity index is 643. The molecule has 1 fully saturated rings. The molecule has 0 aliphatic carbocycles. The van der Waals surface area contributed by atoms with Gasteiger partial charge < -0.3 is 14.1 Å². The van der Waals surface area contributed by atoms with Crippen LogP contribution in [0.25, 0.3) is 11.0 Å². The van der Waals surface area contributed by atoms with Crippen molar-refractivity contribution < 1.29 is 18.7 Å². The molecule has 2 heterocycles. The van der Waals surface area contributed by atoms with Crippen LogP contribution in [0.2, 0.25) is 0 Å². The van der Waals surface area contributed by atoms with Crippen LogP contribution in [0.3, 0.4) is 0 Å². The van der Waals surface area contributed by atoms with Crippen molar-refractivity contribution in [1.29, 1.82) is 0 Å². The summed E-state index contributed by atoms with van der Waals surface area (Å²) in [5, 5.41) is 0.882. The molecule has 0 radical (unpaired) electrons. The number of likely N-dealkylation sites (tertiary alicyclic amines) is 1. The molecule has 1 aliphatic heterocycles. The van der Waals surface area contributed by atoms with E-state index < -0.39 is 6.04 Å². The van der Waals surface area contributed by atoms with Gasteiger partial charge in [-0.3, -0.25) is 4.79 Å². The van der Waals surface area contributed by atoms with Gasteiger partial charge in [0, 0.05) is 11.9 Å². The Balaban J connectivity index is 1.90. The number of carbonyl (C=O) groups is 2. The summed E-state index contributed by atoms with van der Waals surface area (Å²) in [4.78, 5) is 26.0. The third kappa shape index (κ3) is 2.51. The molecular weight excluding hydrogens is 270 g/mol. The molecule has 1 atom stereocenters. The molecule has 1 aliphatic rings. The number of para-hydroxylation sites is 1. The maximum Gasteiger partial charge on any atom is 0.328 e. The molecule has 1 saturated heterocycles. The molecule has 2 aromatic rings. The summed E-state index contributed by atoms with van der Waals surface area (Å²) in [5.74, 6) is -0.340. The van der Waals surface area contributed by atoms with E-state index in [1.807, 2.05) is 24.3 Å². The lowest BCUT2D eigenvalue weighted by Crippen LogP contribution is -2.48. The summed E-state index contributed by atoms with van der Waals surface area (Å²) < 4.78 is 10.4. The van der Waals surface area contributed by atoms with E-state index in [2.05, 4.69) is 0 Å². The fraction of sp³-hybridized carbons (Fsp3) is 0.375. The average molecular weight is 287 g/mol. The molecule has 1 aromatic heterocycles. The van der Waals surface area contributed by atoms with Gasteiger partial charge in [0.05, 0.1) is 7.11 Å². The van der Waals surface area contributed by atoms with E-state index in [1.54, 1.807) is 11.0 Å². The minimum atomic E-state index is -0.510. The summed E-state index contributed by atoms with van der Waals surface area (Å²) in [5.41, 5.74) is 0.674. The van der Waals surface area contributed by atoms with Crippen LogP contribution in [-0.4, -0.2) is 36.5 Å². The molecule has 5 heteroatoms. The summed E-state index contributed by atoms with van der Waals surface area (Å²) >= 11 is 0. The van der Waals surface area contributed by atoms with E-state index >= 15 is 0 Å². The number of esters is 1. The zero-order chi connectivity index (χ0) is 14.8. The Hall–Kier alpha value is -2.30. The van der Waals surface area contributed by atoms with E-state index in [-0.39, 0.29) is 17.6 Å². The summed E-state index contributed by atoms with van der Waals surface area (Å²) in [6.45, 7) is 0.551. The van der Waals surface area contributed by atoms with Gasteiger partial charge in [0.2, 0.25) is 0 Å². The lowest BCUT2D eigenvalue weighted by atomic mass is 10.0. The van der Waals surface area contributed by atoms with E-state index in [0.29, 0.717) is 18.5 Å². The Morgan fingerprint density at radius 2 is 2.10 bits per heavy atom. The van der Waals surface area contributed by atoms with Crippen LogP contribution in [0.15, 0.2) is 34.7 Å². The predicted molar refractivity (Wildman–Crippen MR) is 76.9 cm³/mol. The van der Waals surface area contributed by atoms with Crippen LogP contribution in [0, 0.1) is 0 Å². The number of benzene rings is 1. The van der Waals surface area contributed by atoms with Crippen molar-refractivity contribution >= 4 is 22.8 Å². The Kier molecular flexibility index (Phi) is 3.64. The number of methoxy groups -OCH3 is 1. The molecule has 1 amide bonds. The first-order valence-electron chi connectivity index (χ1n) is 7.08. The number of fused-ring (bicyclic) bond motifs is 1. The maximum atomic E-state index is 12.6. The second-order valence-corrected chi connectivity index (χ2v) is 5.18. The number of ether oxygens (including phenoxy) is 1. The quantitative estimate of drug-likeness (QED) is 0.797. The van der Waals surface area contributed by atoms with Crippen LogP contribution in [0.1, 0.15) is 29.8 Å². The highest BCUT2D eigenvalue weighted by molar-refractivity contribution is 5.98. The number of amides is 1. The molecular formula is C16H17NO4. The van der Waals surface area contributed by atoms with Crippen LogP contribution in [0.5, 0.6) is 0 Å². The highest BCUT2D eigenvalue weighted by Gasteiger charge is 2.34. The number of furan rings is 1. The zero-order valence-corrected chi connectivity index (χ0v) is 11.9. The van der Waals surface area contributed by atoms with Gasteiger partial charge in [-0.05, 0) is 31.4 Å². The van der Waals surface area contributed by atoms with Crippen molar-refractivity contribution in [3.63, 3.8) is 0 Å². The fourth-order valence-electron chi connectivity index (χ4n) is 2.78. The third-order valence-corrected chi connectivity index (χ3v) is 3.87. The Labute approximate surface area is 122 Å². The van der Waals surface area contributed by atoms with E-state index in [4.69, 9.17) is 9.15 Å². The number of piperidine rings is 1. The second kappa shape index (κ2) is 5.60. The van der Waals surface area contributed by atoms with E-state index in [0.717, 1.165) is 18.2 Å². The predicted octanol–water partition coefficient (Wildman–Crippen LogP) is 2.60. The van der Waals surface area contributed by atoms with Gasteiger partial charge in [-0.15, -0.1) is 0 Å². The maximum absolute atomic E-state index is 12.6. The minimum absolute atomic E-state index is 0.249. The molecule has 110 valence electrons. The lowest BCUT2D eigenvalue weighted by Gasteiger charge is -2.33. The van der Waals surface area contributed by atoms with Crippen LogP contribution in [-0.2, 0) is 9.53 Å². The van der Waals surface area contributed by atoms with Gasteiger partial charge in [-0.25, -0.2) is 4.79 Å². The van der Waals surface area contributed by atoms with Gasteiger partial charge in [0.15, 0.2) is 5.76 Å². The highest BCUT2D eigenvalue weighted by atomic mass is 16.5. The average Bonchev–Trinajstić information content (AvgIpc) is 2.97. The van der Waals surface area contributed by atoms with Crippen molar-refractivity contribution in [3.8, 4) is 0 Å². The SMILES string of the molecule is COC(=O)C1CCCCN1C(=O)c1cc2ccccc2o1. The van der Waals surface area contributed by atoms with Crippen LogP contribution in [0.4, 0.5) is 0 Å². The van der Waals surface area contributed by atoms with Gasteiger partial charge in [0.25, 0.3) is 5.91 Å².